The molecule has 2 unspecified atom stereocenters. The molecule has 0 radical (unpaired) electrons. The SMILES string of the molecule is CCC(C(=O)O)C(C)NCc1ccc(F)cc1. The van der Waals surface area contributed by atoms with E-state index in [0.29, 0.717) is 13.0 Å². The zero-order valence-corrected chi connectivity index (χ0v) is 10.1. The molecule has 1 rings (SSSR count). The Labute approximate surface area is 101 Å². The molecule has 3 nitrogen and oxygen atoms in total. The fourth-order valence-corrected chi connectivity index (χ4v) is 1.77. The van der Waals surface area contributed by atoms with Crippen molar-refractivity contribution in [1.82, 2.24) is 5.32 Å². The van der Waals surface area contributed by atoms with Crippen LogP contribution in [0.15, 0.2) is 24.3 Å². The third kappa shape index (κ3) is 4.15. The van der Waals surface area contributed by atoms with Gasteiger partial charge in [0.05, 0.1) is 5.92 Å². The van der Waals surface area contributed by atoms with Gasteiger partial charge >= 0.3 is 5.97 Å². The molecular weight excluding hydrogens is 221 g/mol. The third-order valence-corrected chi connectivity index (χ3v) is 2.90. The van der Waals surface area contributed by atoms with Gasteiger partial charge in [-0.3, -0.25) is 4.79 Å². The summed E-state index contributed by atoms with van der Waals surface area (Å²) in [7, 11) is 0. The normalized spacial score (nSPS) is 14.3. The van der Waals surface area contributed by atoms with Crippen LogP contribution in [0.3, 0.4) is 0 Å². The summed E-state index contributed by atoms with van der Waals surface area (Å²) in [4.78, 5) is 10.9. The number of benzene rings is 1. The molecule has 0 spiro atoms. The highest BCUT2D eigenvalue weighted by molar-refractivity contribution is 5.70. The van der Waals surface area contributed by atoms with Crippen molar-refractivity contribution >= 4 is 5.97 Å². The van der Waals surface area contributed by atoms with Crippen molar-refractivity contribution in [3.63, 3.8) is 0 Å². The number of nitrogens with one attached hydrogen (secondary N) is 1. The predicted molar refractivity (Wildman–Crippen MR) is 64.1 cm³/mol. The second kappa shape index (κ2) is 6.35. The summed E-state index contributed by atoms with van der Waals surface area (Å²) in [5.41, 5.74) is 0.943. The summed E-state index contributed by atoms with van der Waals surface area (Å²) < 4.78 is 12.7. The van der Waals surface area contributed by atoms with Gasteiger partial charge < -0.3 is 10.4 Å². The molecule has 1 aromatic rings. The van der Waals surface area contributed by atoms with E-state index in [1.807, 2.05) is 13.8 Å². The molecule has 0 saturated carbocycles. The van der Waals surface area contributed by atoms with Gasteiger partial charge in [0.15, 0.2) is 0 Å². The smallest absolute Gasteiger partial charge is 0.308 e. The zero-order valence-electron chi connectivity index (χ0n) is 10.1. The number of aliphatic carboxylic acids is 1. The maximum Gasteiger partial charge on any atom is 0.308 e. The highest BCUT2D eigenvalue weighted by atomic mass is 19.1. The first-order chi connectivity index (χ1) is 8.04. The molecule has 0 saturated heterocycles. The van der Waals surface area contributed by atoms with Crippen molar-refractivity contribution in [2.75, 3.05) is 0 Å². The standard InChI is InChI=1S/C13H18FNO2/c1-3-12(13(16)17)9(2)15-8-10-4-6-11(14)7-5-10/h4-7,9,12,15H,3,8H2,1-2H3,(H,16,17). The summed E-state index contributed by atoms with van der Waals surface area (Å²) in [5, 5.41) is 12.1. The van der Waals surface area contributed by atoms with E-state index in [2.05, 4.69) is 5.32 Å². The van der Waals surface area contributed by atoms with Gasteiger partial charge in [-0.05, 0) is 31.0 Å². The molecule has 17 heavy (non-hydrogen) atoms. The molecule has 0 aromatic heterocycles. The molecule has 1 aromatic carbocycles. The quantitative estimate of drug-likeness (QED) is 0.801. The zero-order chi connectivity index (χ0) is 12.8. The van der Waals surface area contributed by atoms with Crippen LogP contribution in [0.1, 0.15) is 25.8 Å². The number of rotatable bonds is 6. The Balaban J connectivity index is 2.49. The van der Waals surface area contributed by atoms with Gasteiger partial charge in [0.25, 0.3) is 0 Å². The van der Waals surface area contributed by atoms with Crippen molar-refractivity contribution in [1.29, 1.82) is 0 Å². The first-order valence-corrected chi connectivity index (χ1v) is 5.75. The van der Waals surface area contributed by atoms with Crippen molar-refractivity contribution in [3.05, 3.63) is 35.6 Å². The van der Waals surface area contributed by atoms with Crippen LogP contribution < -0.4 is 5.32 Å². The maximum atomic E-state index is 12.7. The van der Waals surface area contributed by atoms with E-state index >= 15 is 0 Å². The second-order valence-electron chi connectivity index (χ2n) is 4.15. The van der Waals surface area contributed by atoms with Crippen LogP contribution in [0.25, 0.3) is 0 Å². The minimum Gasteiger partial charge on any atom is -0.481 e. The van der Waals surface area contributed by atoms with Crippen molar-refractivity contribution in [2.45, 2.75) is 32.9 Å². The molecule has 94 valence electrons. The minimum atomic E-state index is -0.786. The fourth-order valence-electron chi connectivity index (χ4n) is 1.77. The molecule has 0 aliphatic carbocycles. The van der Waals surface area contributed by atoms with Crippen molar-refractivity contribution in [3.8, 4) is 0 Å². The highest BCUT2D eigenvalue weighted by Gasteiger charge is 2.21. The Kier molecular flexibility index (Phi) is 5.10. The van der Waals surface area contributed by atoms with Crippen LogP contribution in [-0.4, -0.2) is 17.1 Å². The first-order valence-electron chi connectivity index (χ1n) is 5.75. The lowest BCUT2D eigenvalue weighted by molar-refractivity contribution is -0.142. The Morgan fingerprint density at radius 1 is 1.41 bits per heavy atom. The Morgan fingerprint density at radius 2 is 2.00 bits per heavy atom. The van der Waals surface area contributed by atoms with E-state index < -0.39 is 11.9 Å². The van der Waals surface area contributed by atoms with Gasteiger partial charge in [0.1, 0.15) is 5.82 Å². The van der Waals surface area contributed by atoms with E-state index in [9.17, 15) is 9.18 Å². The molecule has 0 aliphatic heterocycles. The van der Waals surface area contributed by atoms with Crippen LogP contribution in [0.4, 0.5) is 4.39 Å². The molecule has 0 aliphatic rings. The highest BCUT2D eigenvalue weighted by Crippen LogP contribution is 2.10. The third-order valence-electron chi connectivity index (χ3n) is 2.90. The van der Waals surface area contributed by atoms with Gasteiger partial charge in [-0.25, -0.2) is 4.39 Å². The lowest BCUT2D eigenvalue weighted by Gasteiger charge is -2.20. The topological polar surface area (TPSA) is 49.3 Å². The van der Waals surface area contributed by atoms with E-state index in [4.69, 9.17) is 5.11 Å². The molecule has 0 fully saturated rings. The molecule has 2 N–H and O–H groups in total. The largest absolute Gasteiger partial charge is 0.481 e. The summed E-state index contributed by atoms with van der Waals surface area (Å²) in [6.45, 7) is 4.26. The Bertz CT molecular complexity index is 364. The van der Waals surface area contributed by atoms with E-state index in [1.165, 1.54) is 12.1 Å². The molecule has 2 atom stereocenters. The Morgan fingerprint density at radius 3 is 2.47 bits per heavy atom. The van der Waals surface area contributed by atoms with Gasteiger partial charge in [-0.2, -0.15) is 0 Å². The molecule has 0 heterocycles. The summed E-state index contributed by atoms with van der Waals surface area (Å²) in [5.74, 6) is -1.44. The molecule has 0 bridgehead atoms. The van der Waals surface area contributed by atoms with Crippen LogP contribution >= 0.6 is 0 Å². The van der Waals surface area contributed by atoms with Crippen LogP contribution in [0.2, 0.25) is 0 Å². The molecule has 0 amide bonds. The van der Waals surface area contributed by atoms with E-state index in [1.54, 1.807) is 12.1 Å². The minimum absolute atomic E-state index is 0.109. The molecule has 4 heteroatoms. The fraction of sp³-hybridized carbons (Fsp3) is 0.462. The number of carbonyl (C=O) groups is 1. The van der Waals surface area contributed by atoms with Gasteiger partial charge in [-0.15, -0.1) is 0 Å². The number of hydrogen-bond acceptors (Lipinski definition) is 2. The van der Waals surface area contributed by atoms with Crippen molar-refractivity contribution in [2.24, 2.45) is 5.92 Å². The Hall–Kier alpha value is -1.42. The molecular formula is C13H18FNO2. The van der Waals surface area contributed by atoms with Crippen molar-refractivity contribution < 1.29 is 14.3 Å². The average molecular weight is 239 g/mol. The van der Waals surface area contributed by atoms with Crippen LogP contribution in [0, 0.1) is 11.7 Å². The van der Waals surface area contributed by atoms with E-state index in [0.717, 1.165) is 5.56 Å². The summed E-state index contributed by atoms with van der Waals surface area (Å²) in [6.07, 6.45) is 0.590. The van der Waals surface area contributed by atoms with Gasteiger partial charge in [-0.1, -0.05) is 19.1 Å². The number of halogens is 1. The maximum absolute atomic E-state index is 12.7. The van der Waals surface area contributed by atoms with Gasteiger partial charge in [0.2, 0.25) is 0 Å². The van der Waals surface area contributed by atoms with E-state index in [-0.39, 0.29) is 11.9 Å². The lowest BCUT2D eigenvalue weighted by Crippen LogP contribution is -2.37. The summed E-state index contributed by atoms with van der Waals surface area (Å²) >= 11 is 0. The lowest BCUT2D eigenvalue weighted by atomic mass is 9.98. The predicted octanol–water partition coefficient (Wildman–Crippen LogP) is 2.41. The monoisotopic (exact) mass is 239 g/mol. The second-order valence-corrected chi connectivity index (χ2v) is 4.15. The first kappa shape index (κ1) is 13.6. The number of carboxylic acids is 1. The number of hydrogen-bond donors (Lipinski definition) is 2. The summed E-state index contributed by atoms with van der Waals surface area (Å²) in [6, 6.07) is 6.07. The number of carboxylic acid groups (broad SMARTS) is 1. The average Bonchev–Trinajstić information content (AvgIpc) is 2.28. The van der Waals surface area contributed by atoms with Gasteiger partial charge in [0, 0.05) is 12.6 Å². The van der Waals surface area contributed by atoms with Crippen LogP contribution in [0.5, 0.6) is 0 Å². The van der Waals surface area contributed by atoms with Crippen LogP contribution in [-0.2, 0) is 11.3 Å².